The SMILES string of the molecule is CC(N)C(OCC1CC1)c1cccc(F)c1. The Morgan fingerprint density at radius 3 is 2.81 bits per heavy atom. The van der Waals surface area contributed by atoms with Gasteiger partial charge in [-0.15, -0.1) is 0 Å². The van der Waals surface area contributed by atoms with E-state index in [1.54, 1.807) is 6.07 Å². The summed E-state index contributed by atoms with van der Waals surface area (Å²) in [6, 6.07) is 6.37. The predicted octanol–water partition coefficient (Wildman–Crippen LogP) is 2.64. The number of hydrogen-bond donors (Lipinski definition) is 1. The molecule has 1 aliphatic carbocycles. The van der Waals surface area contributed by atoms with Crippen molar-refractivity contribution in [3.8, 4) is 0 Å². The number of benzene rings is 1. The monoisotopic (exact) mass is 223 g/mol. The summed E-state index contributed by atoms with van der Waals surface area (Å²) in [5.74, 6) is 0.452. The molecule has 88 valence electrons. The first kappa shape index (κ1) is 11.6. The first-order valence-electron chi connectivity index (χ1n) is 5.79. The third-order valence-electron chi connectivity index (χ3n) is 2.86. The van der Waals surface area contributed by atoms with Gasteiger partial charge in [0.1, 0.15) is 5.82 Å². The number of ether oxygens (including phenoxy) is 1. The summed E-state index contributed by atoms with van der Waals surface area (Å²) < 4.78 is 18.9. The minimum atomic E-state index is -0.238. The Kier molecular flexibility index (Phi) is 3.56. The fourth-order valence-corrected chi connectivity index (χ4v) is 1.76. The van der Waals surface area contributed by atoms with Gasteiger partial charge in [-0.05, 0) is 43.4 Å². The summed E-state index contributed by atoms with van der Waals surface area (Å²) >= 11 is 0. The molecule has 1 saturated carbocycles. The molecule has 0 saturated heterocycles. The quantitative estimate of drug-likeness (QED) is 0.832. The van der Waals surface area contributed by atoms with Crippen LogP contribution in [0.1, 0.15) is 31.4 Å². The van der Waals surface area contributed by atoms with Gasteiger partial charge in [0.25, 0.3) is 0 Å². The van der Waals surface area contributed by atoms with Gasteiger partial charge < -0.3 is 10.5 Å². The van der Waals surface area contributed by atoms with Crippen molar-refractivity contribution < 1.29 is 9.13 Å². The van der Waals surface area contributed by atoms with E-state index < -0.39 is 0 Å². The molecule has 3 heteroatoms. The summed E-state index contributed by atoms with van der Waals surface area (Å²) in [5, 5.41) is 0. The van der Waals surface area contributed by atoms with Gasteiger partial charge >= 0.3 is 0 Å². The zero-order valence-corrected chi connectivity index (χ0v) is 9.53. The van der Waals surface area contributed by atoms with Crippen molar-refractivity contribution in [2.45, 2.75) is 31.9 Å². The Balaban J connectivity index is 2.04. The second-order valence-electron chi connectivity index (χ2n) is 4.61. The van der Waals surface area contributed by atoms with E-state index in [-0.39, 0.29) is 18.0 Å². The largest absolute Gasteiger partial charge is 0.372 e. The molecule has 2 nitrogen and oxygen atoms in total. The van der Waals surface area contributed by atoms with Gasteiger partial charge in [0.05, 0.1) is 12.7 Å². The Labute approximate surface area is 95.6 Å². The van der Waals surface area contributed by atoms with E-state index in [2.05, 4.69) is 0 Å². The minimum Gasteiger partial charge on any atom is -0.372 e. The van der Waals surface area contributed by atoms with E-state index in [1.807, 2.05) is 13.0 Å². The zero-order chi connectivity index (χ0) is 11.5. The zero-order valence-electron chi connectivity index (χ0n) is 9.53. The van der Waals surface area contributed by atoms with Crippen LogP contribution < -0.4 is 5.73 Å². The molecule has 2 N–H and O–H groups in total. The highest BCUT2D eigenvalue weighted by Gasteiger charge is 2.25. The Hall–Kier alpha value is -0.930. The molecule has 0 heterocycles. The van der Waals surface area contributed by atoms with Crippen LogP contribution in [0.5, 0.6) is 0 Å². The average Bonchev–Trinajstić information content (AvgIpc) is 3.01. The maximum atomic E-state index is 13.1. The molecule has 16 heavy (non-hydrogen) atoms. The molecule has 0 aliphatic heterocycles. The number of rotatable bonds is 5. The van der Waals surface area contributed by atoms with Gasteiger partial charge in [-0.25, -0.2) is 4.39 Å². The number of hydrogen-bond acceptors (Lipinski definition) is 2. The first-order chi connectivity index (χ1) is 7.66. The minimum absolute atomic E-state index is 0.124. The van der Waals surface area contributed by atoms with E-state index in [4.69, 9.17) is 10.5 Å². The molecule has 0 spiro atoms. The van der Waals surface area contributed by atoms with Crippen molar-refractivity contribution in [1.29, 1.82) is 0 Å². The smallest absolute Gasteiger partial charge is 0.123 e. The van der Waals surface area contributed by atoms with E-state index in [9.17, 15) is 4.39 Å². The standard InChI is InChI=1S/C13H18FNO/c1-9(15)13(16-8-10-5-6-10)11-3-2-4-12(14)7-11/h2-4,7,9-10,13H,5-6,8,15H2,1H3. The summed E-state index contributed by atoms with van der Waals surface area (Å²) in [5.41, 5.74) is 6.71. The number of nitrogens with two attached hydrogens (primary N) is 1. The Morgan fingerprint density at radius 1 is 1.50 bits per heavy atom. The summed E-state index contributed by atoms with van der Waals surface area (Å²) in [6.45, 7) is 2.63. The third kappa shape index (κ3) is 3.03. The predicted molar refractivity (Wildman–Crippen MR) is 61.5 cm³/mol. The lowest BCUT2D eigenvalue weighted by Crippen LogP contribution is -2.27. The van der Waals surface area contributed by atoms with Crippen LogP contribution >= 0.6 is 0 Å². The van der Waals surface area contributed by atoms with Crippen LogP contribution in [-0.2, 0) is 4.74 Å². The molecular formula is C13H18FNO. The van der Waals surface area contributed by atoms with Crippen LogP contribution in [0.25, 0.3) is 0 Å². The molecule has 1 aromatic carbocycles. The molecule has 2 rings (SSSR count). The Morgan fingerprint density at radius 2 is 2.25 bits per heavy atom. The second-order valence-corrected chi connectivity index (χ2v) is 4.61. The lowest BCUT2D eigenvalue weighted by molar-refractivity contribution is 0.0313. The summed E-state index contributed by atoms with van der Waals surface area (Å²) in [7, 11) is 0. The van der Waals surface area contributed by atoms with Gasteiger partial charge in [-0.1, -0.05) is 12.1 Å². The van der Waals surface area contributed by atoms with Crippen LogP contribution in [0, 0.1) is 11.7 Å². The molecule has 2 atom stereocenters. The van der Waals surface area contributed by atoms with E-state index in [1.165, 1.54) is 25.0 Å². The fraction of sp³-hybridized carbons (Fsp3) is 0.538. The molecule has 1 aromatic rings. The van der Waals surface area contributed by atoms with E-state index in [0.717, 1.165) is 12.2 Å². The Bertz CT molecular complexity index is 350. The lowest BCUT2D eigenvalue weighted by atomic mass is 10.0. The van der Waals surface area contributed by atoms with Crippen LogP contribution in [0.3, 0.4) is 0 Å². The van der Waals surface area contributed by atoms with Gasteiger partial charge in [0.2, 0.25) is 0 Å². The van der Waals surface area contributed by atoms with Gasteiger partial charge in [0, 0.05) is 6.04 Å². The van der Waals surface area contributed by atoms with Gasteiger partial charge in [0.15, 0.2) is 0 Å². The highest BCUT2D eigenvalue weighted by atomic mass is 19.1. The van der Waals surface area contributed by atoms with Crippen molar-refractivity contribution in [2.24, 2.45) is 11.7 Å². The van der Waals surface area contributed by atoms with Crippen molar-refractivity contribution in [1.82, 2.24) is 0 Å². The topological polar surface area (TPSA) is 35.2 Å². The normalized spacial score (nSPS) is 19.4. The van der Waals surface area contributed by atoms with E-state index in [0.29, 0.717) is 5.92 Å². The van der Waals surface area contributed by atoms with Crippen LogP contribution in [0.15, 0.2) is 24.3 Å². The molecule has 0 radical (unpaired) electrons. The molecule has 0 amide bonds. The highest BCUT2D eigenvalue weighted by molar-refractivity contribution is 5.20. The van der Waals surface area contributed by atoms with Gasteiger partial charge in [-0.3, -0.25) is 0 Å². The van der Waals surface area contributed by atoms with Gasteiger partial charge in [-0.2, -0.15) is 0 Å². The van der Waals surface area contributed by atoms with Crippen LogP contribution in [-0.4, -0.2) is 12.6 Å². The molecule has 1 fully saturated rings. The van der Waals surface area contributed by atoms with Crippen LogP contribution in [0.4, 0.5) is 4.39 Å². The van der Waals surface area contributed by atoms with E-state index >= 15 is 0 Å². The molecular weight excluding hydrogens is 205 g/mol. The fourth-order valence-electron chi connectivity index (χ4n) is 1.76. The third-order valence-corrected chi connectivity index (χ3v) is 2.86. The maximum absolute atomic E-state index is 13.1. The van der Waals surface area contributed by atoms with Crippen molar-refractivity contribution >= 4 is 0 Å². The summed E-state index contributed by atoms with van der Waals surface area (Å²) in [4.78, 5) is 0. The average molecular weight is 223 g/mol. The lowest BCUT2D eigenvalue weighted by Gasteiger charge is -2.22. The van der Waals surface area contributed by atoms with Crippen molar-refractivity contribution in [3.05, 3.63) is 35.6 Å². The van der Waals surface area contributed by atoms with Crippen LogP contribution in [0.2, 0.25) is 0 Å². The maximum Gasteiger partial charge on any atom is 0.123 e. The first-order valence-corrected chi connectivity index (χ1v) is 5.79. The molecule has 2 unspecified atom stereocenters. The van der Waals surface area contributed by atoms with Crippen molar-refractivity contribution in [2.75, 3.05) is 6.61 Å². The van der Waals surface area contributed by atoms with Crippen molar-refractivity contribution in [3.63, 3.8) is 0 Å². The second kappa shape index (κ2) is 4.93. The molecule has 0 aromatic heterocycles. The number of halogens is 1. The molecule has 0 bridgehead atoms. The highest BCUT2D eigenvalue weighted by Crippen LogP contribution is 2.31. The molecule has 1 aliphatic rings. The summed E-state index contributed by atoms with van der Waals surface area (Å²) in [6.07, 6.45) is 2.29.